The van der Waals surface area contributed by atoms with Gasteiger partial charge in [0.2, 0.25) is 5.91 Å². The first-order valence-electron chi connectivity index (χ1n) is 10.1. The van der Waals surface area contributed by atoms with Gasteiger partial charge < -0.3 is 10.6 Å². The number of hydrogen-bond acceptors (Lipinski definition) is 3. The van der Waals surface area contributed by atoms with Gasteiger partial charge in [-0.05, 0) is 65.5 Å². The van der Waals surface area contributed by atoms with E-state index in [0.29, 0.717) is 5.69 Å². The second-order valence-corrected chi connectivity index (χ2v) is 8.52. The normalized spacial score (nSPS) is 15.3. The van der Waals surface area contributed by atoms with Gasteiger partial charge in [-0.25, -0.2) is 4.68 Å². The largest absolute Gasteiger partial charge is 0.350 e. The molecule has 6 heteroatoms. The second-order valence-electron chi connectivity index (χ2n) is 8.52. The first-order chi connectivity index (χ1) is 13.3. The number of hydrogen-bond donors (Lipinski definition) is 2. The number of carbonyl (C=O) groups is 2. The predicted molar refractivity (Wildman–Crippen MR) is 110 cm³/mol. The van der Waals surface area contributed by atoms with Crippen molar-refractivity contribution in [1.29, 1.82) is 0 Å². The third-order valence-electron chi connectivity index (χ3n) is 4.89. The fourth-order valence-corrected chi connectivity index (χ4v) is 3.55. The topological polar surface area (TPSA) is 76.0 Å². The Morgan fingerprint density at radius 2 is 1.75 bits per heavy atom. The quantitative estimate of drug-likeness (QED) is 0.798. The minimum atomic E-state index is -0.630. The van der Waals surface area contributed by atoms with E-state index in [1.807, 2.05) is 55.8 Å². The maximum atomic E-state index is 13.0. The summed E-state index contributed by atoms with van der Waals surface area (Å²) in [7, 11) is 0. The zero-order chi connectivity index (χ0) is 20.3. The molecular formula is C22H30N4O2. The molecule has 0 fully saturated rings. The van der Waals surface area contributed by atoms with Crippen molar-refractivity contribution in [3.05, 3.63) is 47.3 Å². The van der Waals surface area contributed by atoms with Crippen LogP contribution in [0.4, 0.5) is 0 Å². The molecule has 0 aliphatic heterocycles. The lowest BCUT2D eigenvalue weighted by atomic mass is 10.1. The number of benzene rings is 1. The first kappa shape index (κ1) is 20.1. The Morgan fingerprint density at radius 3 is 2.43 bits per heavy atom. The number of fused-ring (bicyclic) bond motifs is 1. The summed E-state index contributed by atoms with van der Waals surface area (Å²) in [6, 6.07) is 9.28. The lowest BCUT2D eigenvalue weighted by Gasteiger charge is -2.23. The Bertz CT molecular complexity index is 849. The molecule has 1 aliphatic rings. The van der Waals surface area contributed by atoms with Crippen molar-refractivity contribution in [2.45, 2.75) is 71.4 Å². The molecule has 2 amide bonds. The highest BCUT2D eigenvalue weighted by molar-refractivity contribution is 5.97. The van der Waals surface area contributed by atoms with Gasteiger partial charge in [0.05, 0.1) is 5.69 Å². The molecule has 1 aromatic heterocycles. The summed E-state index contributed by atoms with van der Waals surface area (Å²) in [6.07, 6.45) is 5.04. The molecule has 3 rings (SSSR count). The Kier molecular flexibility index (Phi) is 5.87. The zero-order valence-electron chi connectivity index (χ0n) is 17.2. The van der Waals surface area contributed by atoms with Gasteiger partial charge >= 0.3 is 0 Å². The molecule has 1 aromatic carbocycles. The van der Waals surface area contributed by atoms with Crippen molar-refractivity contribution < 1.29 is 9.59 Å². The van der Waals surface area contributed by atoms with Crippen molar-refractivity contribution in [1.82, 2.24) is 20.4 Å². The number of para-hydroxylation sites is 1. The fourth-order valence-electron chi connectivity index (χ4n) is 3.55. The molecule has 0 bridgehead atoms. The van der Waals surface area contributed by atoms with E-state index in [4.69, 9.17) is 0 Å². The third kappa shape index (κ3) is 4.61. The van der Waals surface area contributed by atoms with Crippen LogP contribution in [0.15, 0.2) is 30.3 Å². The highest BCUT2D eigenvalue weighted by atomic mass is 16.2. The molecule has 1 atom stereocenters. The van der Waals surface area contributed by atoms with Crippen LogP contribution in [-0.2, 0) is 17.6 Å². The maximum absolute atomic E-state index is 13.0. The molecule has 28 heavy (non-hydrogen) atoms. The SMILES string of the molecule is CC(NC(=O)c1nn(-c2ccccc2)c2c1CCCCC2)C(=O)NC(C)(C)C. The van der Waals surface area contributed by atoms with Crippen LogP contribution in [-0.4, -0.2) is 33.2 Å². The van der Waals surface area contributed by atoms with Crippen molar-refractivity contribution in [2.75, 3.05) is 0 Å². The molecule has 1 aliphatic carbocycles. The predicted octanol–water partition coefficient (Wildman–Crippen LogP) is 3.17. The first-order valence-corrected chi connectivity index (χ1v) is 10.1. The van der Waals surface area contributed by atoms with Gasteiger partial charge in [-0.2, -0.15) is 5.10 Å². The number of aromatic nitrogens is 2. The van der Waals surface area contributed by atoms with Crippen LogP contribution in [0, 0.1) is 0 Å². The van der Waals surface area contributed by atoms with E-state index in [0.717, 1.165) is 49.0 Å². The van der Waals surface area contributed by atoms with E-state index < -0.39 is 6.04 Å². The van der Waals surface area contributed by atoms with Gasteiger partial charge in [0.1, 0.15) is 6.04 Å². The number of rotatable bonds is 4. The van der Waals surface area contributed by atoms with E-state index in [2.05, 4.69) is 15.7 Å². The summed E-state index contributed by atoms with van der Waals surface area (Å²) < 4.78 is 1.90. The van der Waals surface area contributed by atoms with E-state index in [1.54, 1.807) is 6.92 Å². The number of nitrogens with one attached hydrogen (secondary N) is 2. The van der Waals surface area contributed by atoms with Gasteiger partial charge in [-0.3, -0.25) is 9.59 Å². The van der Waals surface area contributed by atoms with E-state index in [9.17, 15) is 9.59 Å². The van der Waals surface area contributed by atoms with Gasteiger partial charge in [0.25, 0.3) is 5.91 Å². The van der Waals surface area contributed by atoms with Gasteiger partial charge in [-0.1, -0.05) is 24.6 Å². The summed E-state index contributed by atoms with van der Waals surface area (Å²) in [5.74, 6) is -0.487. The van der Waals surface area contributed by atoms with Crippen LogP contribution in [0.25, 0.3) is 5.69 Å². The van der Waals surface area contributed by atoms with Crippen LogP contribution in [0.3, 0.4) is 0 Å². The smallest absolute Gasteiger partial charge is 0.272 e. The molecule has 1 heterocycles. The summed E-state index contributed by atoms with van der Waals surface area (Å²) >= 11 is 0. The van der Waals surface area contributed by atoms with Crippen LogP contribution in [0.2, 0.25) is 0 Å². The lowest BCUT2D eigenvalue weighted by Crippen LogP contribution is -2.51. The van der Waals surface area contributed by atoms with E-state index in [-0.39, 0.29) is 17.4 Å². The number of carbonyl (C=O) groups excluding carboxylic acids is 2. The Balaban J connectivity index is 1.88. The highest BCUT2D eigenvalue weighted by Gasteiger charge is 2.27. The summed E-state index contributed by atoms with van der Waals surface area (Å²) in [6.45, 7) is 7.45. The van der Waals surface area contributed by atoms with Gasteiger partial charge in [-0.15, -0.1) is 0 Å². The molecular weight excluding hydrogens is 352 g/mol. The molecule has 0 saturated heterocycles. The molecule has 0 radical (unpaired) electrons. The molecule has 0 spiro atoms. The summed E-state index contributed by atoms with van der Waals surface area (Å²) in [4.78, 5) is 25.3. The minimum absolute atomic E-state index is 0.200. The third-order valence-corrected chi connectivity index (χ3v) is 4.89. The van der Waals surface area contributed by atoms with Gasteiger partial charge in [0.15, 0.2) is 5.69 Å². The van der Waals surface area contributed by atoms with E-state index >= 15 is 0 Å². The second kappa shape index (κ2) is 8.17. The number of nitrogens with zero attached hydrogens (tertiary/aromatic N) is 2. The minimum Gasteiger partial charge on any atom is -0.350 e. The number of amides is 2. The average molecular weight is 383 g/mol. The molecule has 2 aromatic rings. The molecule has 0 saturated carbocycles. The van der Waals surface area contributed by atoms with Crippen LogP contribution < -0.4 is 10.6 Å². The molecule has 6 nitrogen and oxygen atoms in total. The highest BCUT2D eigenvalue weighted by Crippen LogP contribution is 2.26. The van der Waals surface area contributed by atoms with Crippen molar-refractivity contribution in [3.8, 4) is 5.69 Å². The van der Waals surface area contributed by atoms with Crippen molar-refractivity contribution in [2.24, 2.45) is 0 Å². The summed E-state index contributed by atoms with van der Waals surface area (Å²) in [5, 5.41) is 10.4. The zero-order valence-corrected chi connectivity index (χ0v) is 17.2. The van der Waals surface area contributed by atoms with Crippen LogP contribution in [0.1, 0.15) is 68.7 Å². The van der Waals surface area contributed by atoms with Crippen molar-refractivity contribution >= 4 is 11.8 Å². The Hall–Kier alpha value is -2.63. The Morgan fingerprint density at radius 1 is 1.07 bits per heavy atom. The van der Waals surface area contributed by atoms with Crippen LogP contribution in [0.5, 0.6) is 0 Å². The standard InChI is InChI=1S/C22H30N4O2/c1-15(20(27)24-22(2,3)4)23-21(28)19-17-13-9-6-10-14-18(17)26(25-19)16-11-7-5-8-12-16/h5,7-8,11-12,15H,6,9-10,13-14H2,1-4H3,(H,23,28)(H,24,27). The van der Waals surface area contributed by atoms with Gasteiger partial charge in [0, 0.05) is 16.8 Å². The van der Waals surface area contributed by atoms with Crippen LogP contribution >= 0.6 is 0 Å². The molecule has 150 valence electrons. The average Bonchev–Trinajstić information content (AvgIpc) is 2.82. The molecule has 2 N–H and O–H groups in total. The fraction of sp³-hybridized carbons (Fsp3) is 0.500. The summed E-state index contributed by atoms with van der Waals surface area (Å²) in [5.41, 5.74) is 3.18. The maximum Gasteiger partial charge on any atom is 0.272 e. The van der Waals surface area contributed by atoms with Crippen molar-refractivity contribution in [3.63, 3.8) is 0 Å². The molecule has 1 unspecified atom stereocenters. The monoisotopic (exact) mass is 382 g/mol. The van der Waals surface area contributed by atoms with E-state index in [1.165, 1.54) is 0 Å². The lowest BCUT2D eigenvalue weighted by molar-refractivity contribution is -0.124. The Labute approximate surface area is 166 Å².